The molecular weight excluding hydrogens is 280 g/mol. The highest BCUT2D eigenvalue weighted by atomic mass is 32.2. The monoisotopic (exact) mass is 298 g/mol. The smallest absolute Gasteiger partial charge is 0.182 e. The van der Waals surface area contributed by atoms with Crippen molar-refractivity contribution in [2.24, 2.45) is 0 Å². The van der Waals surface area contributed by atoms with Crippen molar-refractivity contribution in [3.63, 3.8) is 0 Å². The van der Waals surface area contributed by atoms with Gasteiger partial charge in [0.15, 0.2) is 9.84 Å². The first kappa shape index (κ1) is 14.1. The van der Waals surface area contributed by atoms with E-state index in [1.807, 2.05) is 37.3 Å². The number of allylic oxidation sites excluding steroid dienone is 1. The van der Waals surface area contributed by atoms with E-state index in [4.69, 9.17) is 0 Å². The summed E-state index contributed by atoms with van der Waals surface area (Å²) in [7, 11) is -3.29. The molecule has 0 aromatic heterocycles. The van der Waals surface area contributed by atoms with Crippen LogP contribution in [0.4, 0.5) is 0 Å². The lowest BCUT2D eigenvalue weighted by Crippen LogP contribution is -2.11. The molecule has 0 N–H and O–H groups in total. The Morgan fingerprint density at radius 3 is 2.48 bits per heavy atom. The molecule has 0 bridgehead atoms. The molecule has 1 aliphatic rings. The summed E-state index contributed by atoms with van der Waals surface area (Å²) < 4.78 is 25.2. The first-order chi connectivity index (χ1) is 10.1. The van der Waals surface area contributed by atoms with Gasteiger partial charge in [-0.2, -0.15) is 0 Å². The number of aryl methyl sites for hydroxylation is 2. The molecule has 0 radical (unpaired) electrons. The molecule has 108 valence electrons. The Morgan fingerprint density at radius 2 is 1.71 bits per heavy atom. The summed E-state index contributed by atoms with van der Waals surface area (Å²) in [5.41, 5.74) is 4.32. The summed E-state index contributed by atoms with van der Waals surface area (Å²) in [5, 5.41) is 0. The van der Waals surface area contributed by atoms with E-state index < -0.39 is 9.84 Å². The molecule has 0 spiro atoms. The van der Waals surface area contributed by atoms with Gasteiger partial charge in [0.1, 0.15) is 0 Å². The molecule has 0 fully saturated rings. The lowest BCUT2D eigenvalue weighted by atomic mass is 9.92. The van der Waals surface area contributed by atoms with Gasteiger partial charge < -0.3 is 0 Å². The average molecular weight is 298 g/mol. The highest BCUT2D eigenvalue weighted by molar-refractivity contribution is 7.91. The molecule has 0 aliphatic heterocycles. The SMILES string of the molecule is Cc1ccc(S(=O)(=O)CC2=CCCc3ccccc32)cc1. The first-order valence-electron chi connectivity index (χ1n) is 7.13. The van der Waals surface area contributed by atoms with Crippen LogP contribution >= 0.6 is 0 Å². The van der Waals surface area contributed by atoms with Gasteiger partial charge in [0.2, 0.25) is 0 Å². The molecule has 3 heteroatoms. The van der Waals surface area contributed by atoms with Crippen LogP contribution in [0.15, 0.2) is 59.5 Å². The average Bonchev–Trinajstić information content (AvgIpc) is 2.48. The molecule has 2 aromatic carbocycles. The van der Waals surface area contributed by atoms with Gasteiger partial charge in [-0.05, 0) is 48.6 Å². The molecular formula is C18H18O2S. The molecule has 0 unspecified atom stereocenters. The van der Waals surface area contributed by atoms with Crippen LogP contribution in [0.3, 0.4) is 0 Å². The standard InChI is InChI=1S/C18H18O2S/c1-14-9-11-17(12-10-14)21(19,20)13-16-7-4-6-15-5-2-3-8-18(15)16/h2-3,5,7-12H,4,6,13H2,1H3. The van der Waals surface area contributed by atoms with Crippen molar-refractivity contribution in [2.75, 3.05) is 5.75 Å². The lowest BCUT2D eigenvalue weighted by Gasteiger charge is -2.17. The summed E-state index contributed by atoms with van der Waals surface area (Å²) in [6.07, 6.45) is 3.97. The number of rotatable bonds is 3. The van der Waals surface area contributed by atoms with E-state index in [1.54, 1.807) is 12.1 Å². The molecule has 0 amide bonds. The Morgan fingerprint density at radius 1 is 1.00 bits per heavy atom. The van der Waals surface area contributed by atoms with E-state index in [1.165, 1.54) is 5.56 Å². The van der Waals surface area contributed by atoms with Crippen LogP contribution in [0.5, 0.6) is 0 Å². The minimum atomic E-state index is -3.29. The highest BCUT2D eigenvalue weighted by Gasteiger charge is 2.20. The number of hydrogen-bond donors (Lipinski definition) is 0. The van der Waals surface area contributed by atoms with Gasteiger partial charge >= 0.3 is 0 Å². The van der Waals surface area contributed by atoms with E-state index in [0.717, 1.165) is 29.5 Å². The molecule has 0 saturated heterocycles. The number of fused-ring (bicyclic) bond motifs is 1. The number of sulfone groups is 1. The zero-order valence-electron chi connectivity index (χ0n) is 12.0. The molecule has 2 aromatic rings. The Kier molecular flexibility index (Phi) is 3.68. The molecule has 2 nitrogen and oxygen atoms in total. The maximum Gasteiger partial charge on any atom is 0.182 e. The second kappa shape index (κ2) is 5.49. The van der Waals surface area contributed by atoms with Gasteiger partial charge in [0, 0.05) is 0 Å². The number of hydrogen-bond acceptors (Lipinski definition) is 2. The fourth-order valence-corrected chi connectivity index (χ4v) is 4.13. The summed E-state index contributed by atoms with van der Waals surface area (Å²) in [6, 6.07) is 15.2. The second-order valence-corrected chi connectivity index (χ2v) is 7.49. The number of benzene rings is 2. The van der Waals surface area contributed by atoms with Gasteiger partial charge in [-0.1, -0.05) is 48.0 Å². The van der Waals surface area contributed by atoms with E-state index in [9.17, 15) is 8.42 Å². The van der Waals surface area contributed by atoms with Crippen LogP contribution in [0.25, 0.3) is 5.57 Å². The van der Waals surface area contributed by atoms with Crippen molar-refractivity contribution in [1.29, 1.82) is 0 Å². The predicted octanol–water partition coefficient (Wildman–Crippen LogP) is 3.80. The molecule has 21 heavy (non-hydrogen) atoms. The third-order valence-corrected chi connectivity index (χ3v) is 5.57. The summed E-state index contributed by atoms with van der Waals surface area (Å²) in [6.45, 7) is 1.95. The van der Waals surface area contributed by atoms with Crippen LogP contribution in [-0.2, 0) is 16.3 Å². The van der Waals surface area contributed by atoms with Crippen molar-refractivity contribution in [3.8, 4) is 0 Å². The third kappa shape index (κ3) is 2.93. The van der Waals surface area contributed by atoms with Gasteiger partial charge in [-0.15, -0.1) is 0 Å². The normalized spacial score (nSPS) is 14.4. The molecule has 0 atom stereocenters. The zero-order chi connectivity index (χ0) is 14.9. The van der Waals surface area contributed by atoms with Crippen LogP contribution in [0.1, 0.15) is 23.1 Å². The van der Waals surface area contributed by atoms with E-state index >= 15 is 0 Å². The van der Waals surface area contributed by atoms with Crippen molar-refractivity contribution >= 4 is 15.4 Å². The summed E-state index contributed by atoms with van der Waals surface area (Å²) in [5.74, 6) is 0.0765. The van der Waals surface area contributed by atoms with Crippen molar-refractivity contribution in [3.05, 3.63) is 71.3 Å². The van der Waals surface area contributed by atoms with Crippen LogP contribution in [-0.4, -0.2) is 14.2 Å². The first-order valence-corrected chi connectivity index (χ1v) is 8.78. The van der Waals surface area contributed by atoms with Gasteiger partial charge in [0.25, 0.3) is 0 Å². The third-order valence-electron chi connectivity index (χ3n) is 3.89. The fourth-order valence-electron chi connectivity index (χ4n) is 2.73. The summed E-state index contributed by atoms with van der Waals surface area (Å²) >= 11 is 0. The van der Waals surface area contributed by atoms with E-state index in [2.05, 4.69) is 12.1 Å². The molecule has 3 rings (SSSR count). The van der Waals surface area contributed by atoms with E-state index in [0.29, 0.717) is 4.90 Å². The van der Waals surface area contributed by atoms with Crippen molar-refractivity contribution in [1.82, 2.24) is 0 Å². The largest absolute Gasteiger partial charge is 0.223 e. The minimum Gasteiger partial charge on any atom is -0.223 e. The topological polar surface area (TPSA) is 34.1 Å². The Hall–Kier alpha value is -1.87. The Balaban J connectivity index is 1.93. The zero-order valence-corrected chi connectivity index (χ0v) is 12.9. The Labute approximate surface area is 126 Å². The minimum absolute atomic E-state index is 0.0765. The van der Waals surface area contributed by atoms with Crippen LogP contribution in [0, 0.1) is 6.92 Å². The predicted molar refractivity (Wildman–Crippen MR) is 86.0 cm³/mol. The maximum atomic E-state index is 12.6. The molecule has 0 heterocycles. The Bertz CT molecular complexity index is 784. The molecule has 0 saturated carbocycles. The quantitative estimate of drug-likeness (QED) is 0.863. The van der Waals surface area contributed by atoms with Crippen LogP contribution < -0.4 is 0 Å². The van der Waals surface area contributed by atoms with Crippen molar-refractivity contribution in [2.45, 2.75) is 24.7 Å². The van der Waals surface area contributed by atoms with Crippen molar-refractivity contribution < 1.29 is 8.42 Å². The maximum absolute atomic E-state index is 12.6. The van der Waals surface area contributed by atoms with Crippen LogP contribution in [0.2, 0.25) is 0 Å². The fraction of sp³-hybridized carbons (Fsp3) is 0.222. The van der Waals surface area contributed by atoms with Gasteiger partial charge in [-0.3, -0.25) is 0 Å². The molecule has 1 aliphatic carbocycles. The van der Waals surface area contributed by atoms with E-state index in [-0.39, 0.29) is 5.75 Å². The van der Waals surface area contributed by atoms with Gasteiger partial charge in [0.05, 0.1) is 10.6 Å². The highest BCUT2D eigenvalue weighted by Crippen LogP contribution is 2.29. The summed E-state index contributed by atoms with van der Waals surface area (Å²) in [4.78, 5) is 0.400. The van der Waals surface area contributed by atoms with Gasteiger partial charge in [-0.25, -0.2) is 8.42 Å². The second-order valence-electron chi connectivity index (χ2n) is 5.50. The lowest BCUT2D eigenvalue weighted by molar-refractivity contribution is 0.599.